The van der Waals surface area contributed by atoms with Crippen LogP contribution in [0.15, 0.2) is 18.5 Å². The molecule has 1 saturated heterocycles. The summed E-state index contributed by atoms with van der Waals surface area (Å²) in [6.45, 7) is 5.18. The second-order valence-corrected chi connectivity index (χ2v) is 10.2. The summed E-state index contributed by atoms with van der Waals surface area (Å²) >= 11 is 0. The van der Waals surface area contributed by atoms with Crippen molar-refractivity contribution in [2.24, 2.45) is 5.92 Å². The maximum absolute atomic E-state index is 15.5. The third-order valence-corrected chi connectivity index (χ3v) is 7.23. The molecule has 2 fully saturated rings. The van der Waals surface area contributed by atoms with Gasteiger partial charge in [-0.05, 0) is 57.6 Å². The largest absolute Gasteiger partial charge is 0.492 e. The van der Waals surface area contributed by atoms with Crippen LogP contribution >= 0.6 is 0 Å². The van der Waals surface area contributed by atoms with Crippen molar-refractivity contribution in [3.8, 4) is 17.0 Å². The van der Waals surface area contributed by atoms with Gasteiger partial charge in [-0.1, -0.05) is 6.07 Å². The second kappa shape index (κ2) is 10.3. The highest BCUT2D eigenvalue weighted by Gasteiger charge is 2.35. The van der Waals surface area contributed by atoms with Gasteiger partial charge < -0.3 is 25.0 Å². The summed E-state index contributed by atoms with van der Waals surface area (Å²) in [6.07, 6.45) is 0.930. The van der Waals surface area contributed by atoms with Crippen molar-refractivity contribution in [3.63, 3.8) is 0 Å². The lowest BCUT2D eigenvalue weighted by Crippen LogP contribution is -2.55. The number of nitrogens with zero attached hydrogens (tertiary/aromatic N) is 3. The summed E-state index contributed by atoms with van der Waals surface area (Å²) in [6, 6.07) is 2.57. The van der Waals surface area contributed by atoms with E-state index in [0.717, 1.165) is 12.8 Å². The first-order chi connectivity index (χ1) is 18.2. The van der Waals surface area contributed by atoms with Gasteiger partial charge in [-0.15, -0.1) is 0 Å². The van der Waals surface area contributed by atoms with Gasteiger partial charge in [0.05, 0.1) is 35.8 Å². The van der Waals surface area contributed by atoms with Crippen LogP contribution < -0.4 is 10.1 Å². The van der Waals surface area contributed by atoms with Crippen LogP contribution in [-0.2, 0) is 4.79 Å². The number of amides is 2. The molecule has 1 aliphatic heterocycles. The Morgan fingerprint density at radius 3 is 2.71 bits per heavy atom. The van der Waals surface area contributed by atoms with E-state index in [1.54, 1.807) is 26.0 Å². The topological polar surface area (TPSA) is 120 Å². The predicted octanol–water partition coefficient (Wildman–Crippen LogP) is 3.22. The standard InChI is InChI=1S/C27H31F2N5O4/c1-13-4-7-19(38-11-16-5-6-16)21(22(13)29)24-25-23(30-12-31-24)20(14(2)32-25)26(36)33-18-8-9-34(10-17(18)28)27(37)15(3)35/h4,7,12,15-18,32,35H,5-6,8-11H2,1-3H3,(H,33,36). The van der Waals surface area contributed by atoms with Crippen LogP contribution in [0.25, 0.3) is 22.3 Å². The van der Waals surface area contributed by atoms with Crippen LogP contribution in [0, 0.1) is 25.6 Å². The van der Waals surface area contributed by atoms with Gasteiger partial charge in [0.2, 0.25) is 0 Å². The van der Waals surface area contributed by atoms with Gasteiger partial charge in [-0.3, -0.25) is 9.59 Å². The van der Waals surface area contributed by atoms with E-state index in [1.165, 1.54) is 18.2 Å². The number of aromatic amines is 1. The van der Waals surface area contributed by atoms with E-state index in [4.69, 9.17) is 4.74 Å². The van der Waals surface area contributed by atoms with Gasteiger partial charge in [0.1, 0.15) is 41.4 Å². The monoisotopic (exact) mass is 527 g/mol. The van der Waals surface area contributed by atoms with E-state index in [2.05, 4.69) is 20.3 Å². The number of hydrogen-bond donors (Lipinski definition) is 3. The number of aliphatic hydroxyl groups excluding tert-OH is 1. The number of hydrogen-bond acceptors (Lipinski definition) is 6. The zero-order valence-corrected chi connectivity index (χ0v) is 21.6. The molecule has 3 heterocycles. The fraction of sp³-hybridized carbons (Fsp3) is 0.481. The molecule has 2 aromatic heterocycles. The molecular weight excluding hydrogens is 496 g/mol. The number of H-pyrrole nitrogens is 1. The van der Waals surface area contributed by atoms with Gasteiger partial charge in [0.25, 0.3) is 11.8 Å². The zero-order chi connectivity index (χ0) is 27.1. The average molecular weight is 528 g/mol. The van der Waals surface area contributed by atoms with Gasteiger partial charge in [0.15, 0.2) is 0 Å². The molecule has 2 amide bonds. The SMILES string of the molecule is Cc1ccc(OCC2CC2)c(-c2ncnc3c(C(=O)NC4CCN(C(=O)C(C)O)CC4F)c(C)[nH]c23)c1F. The number of aryl methyl sites for hydroxylation is 2. The first-order valence-electron chi connectivity index (χ1n) is 12.8. The van der Waals surface area contributed by atoms with E-state index in [0.29, 0.717) is 35.0 Å². The molecule has 0 bridgehead atoms. The molecule has 1 aliphatic carbocycles. The number of halogens is 2. The summed E-state index contributed by atoms with van der Waals surface area (Å²) in [4.78, 5) is 38.4. The van der Waals surface area contributed by atoms with E-state index in [-0.39, 0.29) is 41.8 Å². The molecule has 0 spiro atoms. The highest BCUT2D eigenvalue weighted by molar-refractivity contribution is 6.09. The predicted molar refractivity (Wildman–Crippen MR) is 136 cm³/mol. The van der Waals surface area contributed by atoms with Crippen molar-refractivity contribution in [2.75, 3.05) is 19.7 Å². The minimum absolute atomic E-state index is 0.198. The number of piperidine rings is 1. The third-order valence-electron chi connectivity index (χ3n) is 7.23. The Morgan fingerprint density at radius 1 is 1.26 bits per heavy atom. The van der Waals surface area contributed by atoms with Crippen LogP contribution in [0.4, 0.5) is 8.78 Å². The van der Waals surface area contributed by atoms with Crippen LogP contribution in [0.2, 0.25) is 0 Å². The molecular formula is C27H31F2N5O4. The number of nitrogens with one attached hydrogen (secondary N) is 2. The van der Waals surface area contributed by atoms with E-state index >= 15 is 4.39 Å². The smallest absolute Gasteiger partial charge is 0.255 e. The number of ether oxygens (including phenoxy) is 1. The van der Waals surface area contributed by atoms with Crippen LogP contribution in [0.3, 0.4) is 0 Å². The van der Waals surface area contributed by atoms with E-state index < -0.39 is 35.9 Å². The quantitative estimate of drug-likeness (QED) is 0.434. The van der Waals surface area contributed by atoms with Gasteiger partial charge in [0, 0.05) is 12.2 Å². The van der Waals surface area contributed by atoms with Crippen molar-refractivity contribution in [3.05, 3.63) is 41.1 Å². The highest BCUT2D eigenvalue weighted by Crippen LogP contribution is 2.39. The average Bonchev–Trinajstić information content (AvgIpc) is 3.65. The number of rotatable bonds is 7. The number of alkyl halides is 1. The molecule has 3 aromatic rings. The van der Waals surface area contributed by atoms with Crippen LogP contribution in [0.5, 0.6) is 5.75 Å². The fourth-order valence-electron chi connectivity index (χ4n) is 4.86. The minimum Gasteiger partial charge on any atom is -0.492 e. The number of carbonyl (C=O) groups is 2. The number of likely N-dealkylation sites (tertiary alicyclic amines) is 1. The molecule has 11 heteroatoms. The molecule has 38 heavy (non-hydrogen) atoms. The third kappa shape index (κ3) is 4.94. The normalized spacial score (nSPS) is 20.4. The van der Waals surface area contributed by atoms with Crippen molar-refractivity contribution in [1.29, 1.82) is 0 Å². The van der Waals surface area contributed by atoms with Crippen molar-refractivity contribution < 1.29 is 28.2 Å². The summed E-state index contributed by atoms with van der Waals surface area (Å²) < 4.78 is 36.3. The minimum atomic E-state index is -1.50. The molecule has 9 nitrogen and oxygen atoms in total. The van der Waals surface area contributed by atoms with Crippen LogP contribution in [0.1, 0.15) is 47.8 Å². The lowest BCUT2D eigenvalue weighted by atomic mass is 10.0. The Hall–Kier alpha value is -3.60. The number of aliphatic hydroxyl groups is 1. The Balaban J connectivity index is 1.44. The number of fused-ring (bicyclic) bond motifs is 1. The summed E-state index contributed by atoms with van der Waals surface area (Å²) in [5.74, 6) is -0.696. The zero-order valence-electron chi connectivity index (χ0n) is 21.6. The Morgan fingerprint density at radius 2 is 2.03 bits per heavy atom. The second-order valence-electron chi connectivity index (χ2n) is 10.2. The van der Waals surface area contributed by atoms with Crippen molar-refractivity contribution in [2.45, 2.75) is 58.4 Å². The first kappa shape index (κ1) is 26.0. The molecule has 3 atom stereocenters. The molecule has 0 radical (unpaired) electrons. The van der Waals surface area contributed by atoms with Gasteiger partial charge >= 0.3 is 0 Å². The molecule has 1 aromatic carbocycles. The van der Waals surface area contributed by atoms with Gasteiger partial charge in [-0.2, -0.15) is 0 Å². The molecule has 5 rings (SSSR count). The lowest BCUT2D eigenvalue weighted by Gasteiger charge is -2.35. The van der Waals surface area contributed by atoms with E-state index in [9.17, 15) is 19.1 Å². The Kier molecular flexibility index (Phi) is 7.04. The first-order valence-corrected chi connectivity index (χ1v) is 12.8. The maximum atomic E-state index is 15.5. The fourth-order valence-corrected chi connectivity index (χ4v) is 4.86. The van der Waals surface area contributed by atoms with Crippen LogP contribution in [-0.4, -0.2) is 74.8 Å². The molecule has 3 unspecified atom stereocenters. The molecule has 1 saturated carbocycles. The molecule has 3 N–H and O–H groups in total. The van der Waals surface area contributed by atoms with Crippen molar-refractivity contribution in [1.82, 2.24) is 25.2 Å². The summed E-state index contributed by atoms with van der Waals surface area (Å²) in [7, 11) is 0. The Bertz CT molecular complexity index is 1390. The number of benzene rings is 1. The lowest BCUT2D eigenvalue weighted by molar-refractivity contribution is -0.141. The molecule has 2 aliphatic rings. The number of carbonyl (C=O) groups excluding carboxylic acids is 2. The molecule has 202 valence electrons. The highest BCUT2D eigenvalue weighted by atomic mass is 19.1. The maximum Gasteiger partial charge on any atom is 0.255 e. The number of aromatic nitrogens is 3. The summed E-state index contributed by atoms with van der Waals surface area (Å²) in [5.41, 5.74) is 2.27. The van der Waals surface area contributed by atoms with Crippen molar-refractivity contribution >= 4 is 22.8 Å². The van der Waals surface area contributed by atoms with Gasteiger partial charge in [-0.25, -0.2) is 18.7 Å². The summed E-state index contributed by atoms with van der Waals surface area (Å²) in [5, 5.41) is 12.2. The Labute approximate surface area is 218 Å². The van der Waals surface area contributed by atoms with E-state index in [1.807, 2.05) is 0 Å².